The highest BCUT2D eigenvalue weighted by molar-refractivity contribution is 5.93. The van der Waals surface area contributed by atoms with Gasteiger partial charge in [-0.2, -0.15) is 0 Å². The van der Waals surface area contributed by atoms with Crippen LogP contribution in [0.3, 0.4) is 0 Å². The van der Waals surface area contributed by atoms with Crippen LogP contribution in [0.2, 0.25) is 0 Å². The molecular formula is C12H18N4O3. The van der Waals surface area contributed by atoms with Crippen molar-refractivity contribution in [1.82, 2.24) is 20.2 Å². The van der Waals surface area contributed by atoms with E-state index in [4.69, 9.17) is 0 Å². The Morgan fingerprint density at radius 2 is 2.26 bits per heavy atom. The zero-order chi connectivity index (χ0) is 13.8. The van der Waals surface area contributed by atoms with Gasteiger partial charge in [0, 0.05) is 25.3 Å². The second-order valence-electron chi connectivity index (χ2n) is 4.69. The molecule has 1 unspecified atom stereocenters. The lowest BCUT2D eigenvalue weighted by atomic mass is 10.0. The highest BCUT2D eigenvalue weighted by Crippen LogP contribution is 2.18. The summed E-state index contributed by atoms with van der Waals surface area (Å²) in [6.07, 6.45) is 4.13. The predicted molar refractivity (Wildman–Crippen MR) is 70.3 cm³/mol. The van der Waals surface area contributed by atoms with E-state index in [1.165, 1.54) is 6.20 Å². The maximum absolute atomic E-state index is 12.4. The topological polar surface area (TPSA) is 98.1 Å². The molecule has 3 N–H and O–H groups in total. The van der Waals surface area contributed by atoms with E-state index in [0.29, 0.717) is 13.1 Å². The molecule has 0 aliphatic carbocycles. The lowest BCUT2D eigenvalue weighted by molar-refractivity contribution is 0.0612. The minimum absolute atomic E-state index is 0.0115. The molecule has 1 fully saturated rings. The fraction of sp³-hybridized carbons (Fsp3) is 0.583. The summed E-state index contributed by atoms with van der Waals surface area (Å²) in [6, 6.07) is 0.0950. The summed E-state index contributed by atoms with van der Waals surface area (Å²) < 4.78 is 0. The number of nitrogens with zero attached hydrogens (tertiary/aromatic N) is 1. The Morgan fingerprint density at radius 3 is 2.95 bits per heavy atom. The number of likely N-dealkylation sites (tertiary alicyclic amines) is 1. The third-order valence-corrected chi connectivity index (χ3v) is 3.38. The fourth-order valence-corrected chi connectivity index (χ4v) is 2.44. The molecule has 0 aromatic carbocycles. The SMILES string of the molecule is CNCC1CCCCN1C(=O)c1c[nH]c(=O)[nH]c1=O. The summed E-state index contributed by atoms with van der Waals surface area (Å²) in [4.78, 5) is 41.1. The van der Waals surface area contributed by atoms with Crippen molar-refractivity contribution < 1.29 is 4.79 Å². The molecular weight excluding hydrogens is 248 g/mol. The van der Waals surface area contributed by atoms with E-state index in [1.54, 1.807) is 4.90 Å². The van der Waals surface area contributed by atoms with E-state index in [1.807, 2.05) is 7.05 Å². The van der Waals surface area contributed by atoms with E-state index in [-0.39, 0.29) is 17.5 Å². The fourth-order valence-electron chi connectivity index (χ4n) is 2.44. The number of piperidine rings is 1. The molecule has 0 bridgehead atoms. The van der Waals surface area contributed by atoms with E-state index in [0.717, 1.165) is 19.3 Å². The van der Waals surface area contributed by atoms with Crippen LogP contribution in [0, 0.1) is 0 Å². The van der Waals surface area contributed by atoms with Gasteiger partial charge in [0.1, 0.15) is 5.56 Å². The average Bonchev–Trinajstić information content (AvgIpc) is 2.39. The van der Waals surface area contributed by atoms with Crippen molar-refractivity contribution in [2.45, 2.75) is 25.3 Å². The molecule has 7 heteroatoms. The summed E-state index contributed by atoms with van der Waals surface area (Å²) in [5.74, 6) is -0.322. The summed E-state index contributed by atoms with van der Waals surface area (Å²) in [6.45, 7) is 1.34. The van der Waals surface area contributed by atoms with Gasteiger partial charge < -0.3 is 15.2 Å². The number of nitrogens with one attached hydrogen (secondary N) is 3. The van der Waals surface area contributed by atoms with Gasteiger partial charge in [-0.1, -0.05) is 0 Å². The van der Waals surface area contributed by atoms with Crippen molar-refractivity contribution in [1.29, 1.82) is 0 Å². The molecule has 1 atom stereocenters. The number of carbonyl (C=O) groups excluding carboxylic acids is 1. The van der Waals surface area contributed by atoms with Crippen molar-refractivity contribution >= 4 is 5.91 Å². The second kappa shape index (κ2) is 5.83. The maximum Gasteiger partial charge on any atom is 0.325 e. The van der Waals surface area contributed by atoms with Crippen LogP contribution in [0.15, 0.2) is 15.8 Å². The van der Waals surface area contributed by atoms with E-state index < -0.39 is 11.2 Å². The van der Waals surface area contributed by atoms with Crippen LogP contribution in [-0.4, -0.2) is 47.0 Å². The van der Waals surface area contributed by atoms with Gasteiger partial charge in [0.05, 0.1) is 0 Å². The van der Waals surface area contributed by atoms with Gasteiger partial charge in [-0.05, 0) is 26.3 Å². The van der Waals surface area contributed by atoms with E-state index in [2.05, 4.69) is 15.3 Å². The van der Waals surface area contributed by atoms with Gasteiger partial charge in [-0.3, -0.25) is 14.6 Å². The van der Waals surface area contributed by atoms with E-state index in [9.17, 15) is 14.4 Å². The molecule has 1 aliphatic rings. The van der Waals surface area contributed by atoms with Crippen LogP contribution in [0.25, 0.3) is 0 Å². The highest BCUT2D eigenvalue weighted by Gasteiger charge is 2.28. The van der Waals surface area contributed by atoms with Gasteiger partial charge in [0.25, 0.3) is 11.5 Å². The third kappa shape index (κ3) is 2.93. The number of hydrogen-bond acceptors (Lipinski definition) is 4. The first-order valence-electron chi connectivity index (χ1n) is 6.41. The zero-order valence-corrected chi connectivity index (χ0v) is 10.9. The molecule has 0 spiro atoms. The minimum Gasteiger partial charge on any atom is -0.334 e. The predicted octanol–water partition coefficient (Wildman–Crippen LogP) is -0.723. The van der Waals surface area contributed by atoms with Crippen LogP contribution in [-0.2, 0) is 0 Å². The average molecular weight is 266 g/mol. The van der Waals surface area contributed by atoms with Gasteiger partial charge in [-0.25, -0.2) is 4.79 Å². The number of likely N-dealkylation sites (N-methyl/N-ethyl adjacent to an activating group) is 1. The van der Waals surface area contributed by atoms with E-state index >= 15 is 0 Å². The molecule has 1 saturated heterocycles. The van der Waals surface area contributed by atoms with Crippen molar-refractivity contribution in [3.63, 3.8) is 0 Å². The monoisotopic (exact) mass is 266 g/mol. The van der Waals surface area contributed by atoms with Crippen LogP contribution in [0.1, 0.15) is 29.6 Å². The Bertz CT molecular complexity index is 561. The smallest absolute Gasteiger partial charge is 0.325 e. The number of H-pyrrole nitrogens is 2. The molecule has 0 saturated carbocycles. The first-order valence-corrected chi connectivity index (χ1v) is 6.41. The summed E-state index contributed by atoms with van der Waals surface area (Å²) >= 11 is 0. The number of aromatic amines is 2. The Hall–Kier alpha value is -1.89. The number of rotatable bonds is 3. The van der Waals surface area contributed by atoms with Gasteiger partial charge in [-0.15, -0.1) is 0 Å². The molecule has 7 nitrogen and oxygen atoms in total. The van der Waals surface area contributed by atoms with Crippen molar-refractivity contribution in [3.8, 4) is 0 Å². The van der Waals surface area contributed by atoms with Crippen molar-refractivity contribution in [3.05, 3.63) is 32.6 Å². The normalized spacial score (nSPS) is 19.4. The zero-order valence-electron chi connectivity index (χ0n) is 10.9. The minimum atomic E-state index is -0.637. The second-order valence-corrected chi connectivity index (χ2v) is 4.69. The number of aromatic nitrogens is 2. The molecule has 1 aliphatic heterocycles. The molecule has 104 valence electrons. The van der Waals surface area contributed by atoms with Gasteiger partial charge in [0.15, 0.2) is 0 Å². The Balaban J connectivity index is 2.26. The third-order valence-electron chi connectivity index (χ3n) is 3.38. The molecule has 1 aromatic rings. The number of amides is 1. The maximum atomic E-state index is 12.4. The highest BCUT2D eigenvalue weighted by atomic mass is 16.2. The number of carbonyl (C=O) groups is 1. The molecule has 2 heterocycles. The Labute approximate surface area is 110 Å². The number of hydrogen-bond donors (Lipinski definition) is 3. The molecule has 0 radical (unpaired) electrons. The van der Waals surface area contributed by atoms with Crippen molar-refractivity contribution in [2.24, 2.45) is 0 Å². The summed E-state index contributed by atoms with van der Waals surface area (Å²) in [5.41, 5.74) is -1.25. The summed E-state index contributed by atoms with van der Waals surface area (Å²) in [5, 5.41) is 3.06. The molecule has 2 rings (SSSR count). The quantitative estimate of drug-likeness (QED) is 0.672. The van der Waals surface area contributed by atoms with Crippen molar-refractivity contribution in [2.75, 3.05) is 20.1 Å². The van der Waals surface area contributed by atoms with Gasteiger partial charge in [0.2, 0.25) is 0 Å². The first-order chi connectivity index (χ1) is 9.13. The lowest BCUT2D eigenvalue weighted by Gasteiger charge is -2.35. The standard InChI is InChI=1S/C12H18N4O3/c1-13-6-8-4-2-3-5-16(8)11(18)9-7-14-12(19)15-10(9)17/h7-8,13H,2-6H2,1H3,(H2,14,15,17,19). The Kier molecular flexibility index (Phi) is 4.16. The largest absolute Gasteiger partial charge is 0.334 e. The molecule has 1 amide bonds. The first kappa shape index (κ1) is 13.5. The summed E-state index contributed by atoms with van der Waals surface area (Å²) in [7, 11) is 1.84. The van der Waals surface area contributed by atoms with Crippen LogP contribution >= 0.6 is 0 Å². The van der Waals surface area contributed by atoms with Crippen LogP contribution < -0.4 is 16.6 Å². The molecule has 19 heavy (non-hydrogen) atoms. The Morgan fingerprint density at radius 1 is 1.47 bits per heavy atom. The van der Waals surface area contributed by atoms with Gasteiger partial charge >= 0.3 is 5.69 Å². The lowest BCUT2D eigenvalue weighted by Crippen LogP contribution is -2.49. The van der Waals surface area contributed by atoms with Crippen LogP contribution in [0.5, 0.6) is 0 Å². The van der Waals surface area contributed by atoms with Crippen LogP contribution in [0.4, 0.5) is 0 Å². The molecule has 1 aromatic heterocycles.